The van der Waals surface area contributed by atoms with Gasteiger partial charge in [-0.15, -0.1) is 0 Å². The van der Waals surface area contributed by atoms with E-state index >= 15 is 0 Å². The third kappa shape index (κ3) is 9.75. The van der Waals surface area contributed by atoms with Crippen LogP contribution in [0.1, 0.15) is 64.2 Å². The van der Waals surface area contributed by atoms with Gasteiger partial charge >= 0.3 is 21.7 Å². The summed E-state index contributed by atoms with van der Waals surface area (Å²) in [5.41, 5.74) is 0. The fourth-order valence-corrected chi connectivity index (χ4v) is 4.69. The molecule has 168 valence electrons. The molecule has 0 spiro atoms. The van der Waals surface area contributed by atoms with Gasteiger partial charge in [0.05, 0.1) is 0 Å². The van der Waals surface area contributed by atoms with E-state index in [4.69, 9.17) is 25.3 Å². The molecule has 2 aliphatic rings. The largest absolute Gasteiger partial charge is 4.00 e. The number of fused-ring (bicyclic) bond motifs is 2. The second kappa shape index (κ2) is 16.2. The topological polar surface area (TPSA) is 0 Å². The summed E-state index contributed by atoms with van der Waals surface area (Å²) in [5.74, 6) is 0. The smallest absolute Gasteiger partial charge is 0.779 e. The van der Waals surface area contributed by atoms with E-state index in [9.17, 15) is 0 Å². The predicted molar refractivity (Wildman–Crippen MR) is 145 cm³/mol. The van der Waals surface area contributed by atoms with Crippen LogP contribution in [0.25, 0.3) is 21.5 Å². The van der Waals surface area contributed by atoms with Gasteiger partial charge in [0, 0.05) is 0 Å². The molecular weight excluding hydrogens is 472 g/mol. The van der Waals surface area contributed by atoms with Gasteiger partial charge in [0.25, 0.3) is 0 Å². The van der Waals surface area contributed by atoms with E-state index in [0.29, 0.717) is 0 Å². The Hall–Kier alpha value is -1.45. The van der Waals surface area contributed by atoms with E-state index < -0.39 is 0 Å². The van der Waals surface area contributed by atoms with Crippen LogP contribution in [0.15, 0.2) is 94.7 Å². The molecule has 0 atom stereocenters. The van der Waals surface area contributed by atoms with E-state index in [1.807, 2.05) is 48.5 Å². The molecule has 0 aliphatic heterocycles. The van der Waals surface area contributed by atoms with Gasteiger partial charge in [-0.1, -0.05) is 149 Å². The van der Waals surface area contributed by atoms with Crippen LogP contribution in [-0.2, 0) is 47.0 Å². The van der Waals surface area contributed by atoms with Crippen LogP contribution in [0.2, 0.25) is 0 Å². The number of rotatable bonds is 0. The van der Waals surface area contributed by atoms with E-state index in [-0.39, 0.29) is 21.7 Å². The SMILES string of the molecule is C1CCCC1.C1CCCC1.[S-]c1cccc2ccccc12.[S-]c1cccc2ccccc12.[Ti+4]. The third-order valence-electron chi connectivity index (χ3n) is 6.00. The third-order valence-corrected chi connectivity index (χ3v) is 6.71. The van der Waals surface area contributed by atoms with Crippen molar-refractivity contribution < 1.29 is 21.7 Å². The summed E-state index contributed by atoms with van der Waals surface area (Å²) in [6.45, 7) is 0. The average molecular weight is 507 g/mol. The normalized spacial score (nSPS) is 14.1. The summed E-state index contributed by atoms with van der Waals surface area (Å²) in [6.07, 6.45) is 15.0. The number of hydrogen-bond donors (Lipinski definition) is 0. The van der Waals surface area contributed by atoms with Gasteiger partial charge in [-0.05, 0) is 21.5 Å². The van der Waals surface area contributed by atoms with Gasteiger partial charge in [0.2, 0.25) is 0 Å². The van der Waals surface area contributed by atoms with Crippen molar-refractivity contribution in [2.75, 3.05) is 0 Å². The number of benzene rings is 4. The van der Waals surface area contributed by atoms with Gasteiger partial charge in [-0.3, -0.25) is 0 Å². The Morgan fingerprint density at radius 3 is 0.939 bits per heavy atom. The molecule has 6 rings (SSSR count). The van der Waals surface area contributed by atoms with Crippen molar-refractivity contribution in [2.24, 2.45) is 0 Å². The van der Waals surface area contributed by atoms with E-state index in [2.05, 4.69) is 36.4 Å². The van der Waals surface area contributed by atoms with E-state index in [1.165, 1.54) is 85.8 Å². The minimum absolute atomic E-state index is 0. The van der Waals surface area contributed by atoms with Crippen molar-refractivity contribution in [1.29, 1.82) is 0 Å². The molecule has 0 unspecified atom stereocenters. The summed E-state index contributed by atoms with van der Waals surface area (Å²) >= 11 is 10.3. The molecule has 33 heavy (non-hydrogen) atoms. The molecule has 0 aromatic heterocycles. The van der Waals surface area contributed by atoms with Crippen molar-refractivity contribution in [3.05, 3.63) is 84.9 Å². The maximum atomic E-state index is 5.15. The Labute approximate surface area is 226 Å². The molecule has 2 saturated carbocycles. The Balaban J connectivity index is 0.000000164. The molecule has 0 bridgehead atoms. The second-order valence-corrected chi connectivity index (χ2v) is 9.37. The Morgan fingerprint density at radius 1 is 0.364 bits per heavy atom. The first-order valence-corrected chi connectivity index (χ1v) is 12.9. The van der Waals surface area contributed by atoms with Gasteiger partial charge in [-0.25, -0.2) is 0 Å². The van der Waals surface area contributed by atoms with Crippen LogP contribution in [0.4, 0.5) is 0 Å². The standard InChI is InChI=1S/2C10H8S.2C5H10.Ti/c2*11-10-7-3-5-8-4-1-2-6-9(8)10;2*1-2-4-5-3-1;/h2*1-7,11H;2*1-5H2;/q;;;;+4/p-2. The molecule has 3 heteroatoms. The molecule has 0 N–H and O–H groups in total. The van der Waals surface area contributed by atoms with Crippen molar-refractivity contribution in [2.45, 2.75) is 74.0 Å². The molecule has 2 fully saturated rings. The molecular formula is C30H34S2Ti+2. The van der Waals surface area contributed by atoms with Crippen LogP contribution in [0.5, 0.6) is 0 Å². The van der Waals surface area contributed by atoms with E-state index in [1.54, 1.807) is 0 Å². The molecule has 0 radical (unpaired) electrons. The van der Waals surface area contributed by atoms with Gasteiger partial charge in [-0.2, -0.15) is 9.79 Å². The molecule has 2 aliphatic carbocycles. The molecule has 4 aromatic rings. The first-order chi connectivity index (χ1) is 15.8. The molecule has 0 heterocycles. The van der Waals surface area contributed by atoms with Crippen molar-refractivity contribution in [1.82, 2.24) is 0 Å². The second-order valence-electron chi connectivity index (χ2n) is 8.49. The first kappa shape index (κ1) is 27.8. The molecule has 4 aromatic carbocycles. The van der Waals surface area contributed by atoms with Crippen LogP contribution in [0.3, 0.4) is 0 Å². The monoisotopic (exact) mass is 506 g/mol. The zero-order valence-electron chi connectivity index (χ0n) is 19.5. The molecule has 0 amide bonds. The Bertz CT molecular complexity index is 956. The fourth-order valence-electron chi connectivity index (χ4n) is 4.16. The summed E-state index contributed by atoms with van der Waals surface area (Å²) in [4.78, 5) is 1.87. The van der Waals surface area contributed by atoms with Crippen molar-refractivity contribution >= 4 is 46.8 Å². The summed E-state index contributed by atoms with van der Waals surface area (Å²) in [5, 5.41) is 4.79. The Kier molecular flexibility index (Phi) is 13.7. The van der Waals surface area contributed by atoms with Crippen LogP contribution < -0.4 is 0 Å². The minimum Gasteiger partial charge on any atom is -0.779 e. The van der Waals surface area contributed by atoms with Crippen LogP contribution in [-0.4, -0.2) is 0 Å². The first-order valence-electron chi connectivity index (χ1n) is 12.1. The molecule has 0 saturated heterocycles. The van der Waals surface area contributed by atoms with E-state index in [0.717, 1.165) is 9.79 Å². The van der Waals surface area contributed by atoms with Gasteiger partial charge in [0.1, 0.15) is 0 Å². The Morgan fingerprint density at radius 2 is 0.636 bits per heavy atom. The van der Waals surface area contributed by atoms with Crippen molar-refractivity contribution in [3.63, 3.8) is 0 Å². The van der Waals surface area contributed by atoms with Crippen LogP contribution in [0, 0.1) is 0 Å². The zero-order valence-corrected chi connectivity index (χ0v) is 22.7. The summed E-state index contributed by atoms with van der Waals surface area (Å²) in [6, 6.07) is 28.4. The predicted octanol–water partition coefficient (Wildman–Crippen LogP) is 9.39. The summed E-state index contributed by atoms with van der Waals surface area (Å²) < 4.78 is 0. The van der Waals surface area contributed by atoms with Crippen molar-refractivity contribution in [3.8, 4) is 0 Å². The maximum absolute atomic E-state index is 5.15. The van der Waals surface area contributed by atoms with Crippen LogP contribution >= 0.6 is 0 Å². The summed E-state index contributed by atoms with van der Waals surface area (Å²) in [7, 11) is 0. The molecule has 0 nitrogen and oxygen atoms in total. The van der Waals surface area contributed by atoms with Gasteiger partial charge < -0.3 is 25.3 Å². The fraction of sp³-hybridized carbons (Fsp3) is 0.333. The quantitative estimate of drug-likeness (QED) is 0.172. The minimum atomic E-state index is 0. The number of hydrogen-bond acceptors (Lipinski definition) is 2. The maximum Gasteiger partial charge on any atom is 4.00 e. The van der Waals surface area contributed by atoms with Gasteiger partial charge in [0.15, 0.2) is 0 Å². The zero-order chi connectivity index (χ0) is 22.4. The average Bonchev–Trinajstić information content (AvgIpc) is 3.60.